The SMILES string of the molecule is CCOC(C)(CC)c1nc([C@@H]2CCCN2)cs1. The van der Waals surface area contributed by atoms with Gasteiger partial charge in [0.25, 0.3) is 0 Å². The zero-order valence-electron chi connectivity index (χ0n) is 11.0. The van der Waals surface area contributed by atoms with Crippen molar-refractivity contribution in [3.63, 3.8) is 0 Å². The molecule has 1 aliphatic heterocycles. The third-order valence-electron chi connectivity index (χ3n) is 3.53. The van der Waals surface area contributed by atoms with E-state index in [-0.39, 0.29) is 5.60 Å². The summed E-state index contributed by atoms with van der Waals surface area (Å²) in [4.78, 5) is 4.78. The van der Waals surface area contributed by atoms with E-state index in [0.29, 0.717) is 6.04 Å². The molecule has 1 saturated heterocycles. The van der Waals surface area contributed by atoms with E-state index in [1.807, 2.05) is 6.92 Å². The van der Waals surface area contributed by atoms with E-state index in [4.69, 9.17) is 9.72 Å². The first kappa shape index (κ1) is 13.0. The van der Waals surface area contributed by atoms with Crippen molar-refractivity contribution in [2.75, 3.05) is 13.2 Å². The molecule has 1 aromatic rings. The fourth-order valence-electron chi connectivity index (χ4n) is 2.26. The molecule has 0 radical (unpaired) electrons. The number of ether oxygens (including phenoxy) is 1. The monoisotopic (exact) mass is 254 g/mol. The van der Waals surface area contributed by atoms with Crippen molar-refractivity contribution in [2.45, 2.75) is 51.7 Å². The van der Waals surface area contributed by atoms with Gasteiger partial charge < -0.3 is 10.1 Å². The Hall–Kier alpha value is -0.450. The fraction of sp³-hybridized carbons (Fsp3) is 0.769. The van der Waals surface area contributed by atoms with Gasteiger partial charge >= 0.3 is 0 Å². The molecule has 1 aliphatic rings. The second-order valence-electron chi connectivity index (χ2n) is 4.74. The quantitative estimate of drug-likeness (QED) is 0.876. The lowest BCUT2D eigenvalue weighted by Crippen LogP contribution is -2.25. The summed E-state index contributed by atoms with van der Waals surface area (Å²) in [5, 5.41) is 6.79. The summed E-state index contributed by atoms with van der Waals surface area (Å²) in [7, 11) is 0. The maximum atomic E-state index is 5.87. The van der Waals surface area contributed by atoms with E-state index in [2.05, 4.69) is 24.5 Å². The van der Waals surface area contributed by atoms with Crippen LogP contribution in [0.1, 0.15) is 56.8 Å². The van der Waals surface area contributed by atoms with Crippen LogP contribution >= 0.6 is 11.3 Å². The van der Waals surface area contributed by atoms with Crippen LogP contribution in [0.2, 0.25) is 0 Å². The van der Waals surface area contributed by atoms with Crippen molar-refractivity contribution in [1.29, 1.82) is 0 Å². The lowest BCUT2D eigenvalue weighted by atomic mass is 10.0. The molecule has 1 N–H and O–H groups in total. The molecule has 2 rings (SSSR count). The molecule has 17 heavy (non-hydrogen) atoms. The second-order valence-corrected chi connectivity index (χ2v) is 5.60. The minimum atomic E-state index is -0.212. The van der Waals surface area contributed by atoms with Crippen molar-refractivity contribution >= 4 is 11.3 Å². The smallest absolute Gasteiger partial charge is 0.125 e. The van der Waals surface area contributed by atoms with E-state index in [9.17, 15) is 0 Å². The number of thiazole rings is 1. The molecule has 0 aliphatic carbocycles. The Balaban J connectivity index is 2.15. The molecule has 2 atom stereocenters. The van der Waals surface area contributed by atoms with Gasteiger partial charge in [-0.1, -0.05) is 6.92 Å². The summed E-state index contributed by atoms with van der Waals surface area (Å²) in [5.41, 5.74) is 0.984. The number of nitrogens with one attached hydrogen (secondary N) is 1. The minimum absolute atomic E-state index is 0.212. The molecular weight excluding hydrogens is 232 g/mol. The Labute approximate surface area is 108 Å². The zero-order chi connectivity index (χ0) is 12.3. The molecule has 1 unspecified atom stereocenters. The summed E-state index contributed by atoms with van der Waals surface area (Å²) in [6.45, 7) is 8.20. The van der Waals surface area contributed by atoms with Crippen molar-refractivity contribution in [1.82, 2.24) is 10.3 Å². The third kappa shape index (κ3) is 2.69. The molecule has 4 heteroatoms. The van der Waals surface area contributed by atoms with Crippen molar-refractivity contribution in [3.05, 3.63) is 16.1 Å². The average Bonchev–Trinajstić information content (AvgIpc) is 2.99. The maximum Gasteiger partial charge on any atom is 0.125 e. The largest absolute Gasteiger partial charge is 0.368 e. The first-order valence-corrected chi connectivity index (χ1v) is 7.41. The van der Waals surface area contributed by atoms with Gasteiger partial charge in [0.1, 0.15) is 10.6 Å². The van der Waals surface area contributed by atoms with Gasteiger partial charge in [0.05, 0.1) is 11.7 Å². The molecule has 0 amide bonds. The van der Waals surface area contributed by atoms with Gasteiger partial charge in [-0.05, 0) is 39.7 Å². The van der Waals surface area contributed by atoms with Crippen molar-refractivity contribution < 1.29 is 4.74 Å². The topological polar surface area (TPSA) is 34.1 Å². The van der Waals surface area contributed by atoms with E-state index in [1.54, 1.807) is 11.3 Å². The number of nitrogens with zero attached hydrogens (tertiary/aromatic N) is 1. The highest BCUT2D eigenvalue weighted by atomic mass is 32.1. The number of rotatable bonds is 5. The molecule has 0 saturated carbocycles. The first-order valence-electron chi connectivity index (χ1n) is 6.53. The van der Waals surface area contributed by atoms with Crippen LogP contribution in [0.5, 0.6) is 0 Å². The number of aromatic nitrogens is 1. The van der Waals surface area contributed by atoms with Crippen molar-refractivity contribution in [3.8, 4) is 0 Å². The highest BCUT2D eigenvalue weighted by Crippen LogP contribution is 2.34. The standard InChI is InChI=1S/C13H22N2OS/c1-4-13(3,16-5-2)12-15-11(9-17-12)10-7-6-8-14-10/h9-10,14H,4-8H2,1-3H3/t10-,13?/m0/s1. The molecule has 3 nitrogen and oxygen atoms in total. The predicted molar refractivity (Wildman–Crippen MR) is 71.4 cm³/mol. The second kappa shape index (κ2) is 5.46. The van der Waals surface area contributed by atoms with Crippen LogP contribution in [-0.2, 0) is 10.3 Å². The molecular formula is C13H22N2OS. The van der Waals surface area contributed by atoms with Crippen LogP contribution in [0.25, 0.3) is 0 Å². The van der Waals surface area contributed by atoms with E-state index < -0.39 is 0 Å². The molecule has 0 spiro atoms. The molecule has 1 aromatic heterocycles. The van der Waals surface area contributed by atoms with Crippen LogP contribution in [0.15, 0.2) is 5.38 Å². The average molecular weight is 254 g/mol. The van der Waals surface area contributed by atoms with Crippen LogP contribution in [-0.4, -0.2) is 18.1 Å². The van der Waals surface area contributed by atoms with Gasteiger partial charge in [-0.25, -0.2) is 4.98 Å². The minimum Gasteiger partial charge on any atom is -0.368 e. The summed E-state index contributed by atoms with van der Waals surface area (Å²) >= 11 is 1.73. The predicted octanol–water partition coefficient (Wildman–Crippen LogP) is 3.23. The van der Waals surface area contributed by atoms with Gasteiger partial charge in [-0.15, -0.1) is 11.3 Å². The van der Waals surface area contributed by atoms with Gasteiger partial charge in [0.2, 0.25) is 0 Å². The van der Waals surface area contributed by atoms with Crippen LogP contribution in [0.3, 0.4) is 0 Å². The first-order chi connectivity index (χ1) is 8.19. The van der Waals surface area contributed by atoms with Crippen LogP contribution < -0.4 is 5.32 Å². The summed E-state index contributed by atoms with van der Waals surface area (Å²) in [5.74, 6) is 0. The van der Waals surface area contributed by atoms with Gasteiger partial charge in [-0.2, -0.15) is 0 Å². The van der Waals surface area contributed by atoms with E-state index in [1.165, 1.54) is 18.5 Å². The number of hydrogen-bond acceptors (Lipinski definition) is 4. The lowest BCUT2D eigenvalue weighted by molar-refractivity contribution is -0.0325. The number of hydrogen-bond donors (Lipinski definition) is 1. The van der Waals surface area contributed by atoms with Crippen LogP contribution in [0, 0.1) is 0 Å². The summed E-state index contributed by atoms with van der Waals surface area (Å²) in [6, 6.07) is 0.461. The highest BCUT2D eigenvalue weighted by Gasteiger charge is 2.30. The Morgan fingerprint density at radius 1 is 1.59 bits per heavy atom. The summed E-state index contributed by atoms with van der Waals surface area (Å²) in [6.07, 6.45) is 3.43. The van der Waals surface area contributed by atoms with Crippen molar-refractivity contribution in [2.24, 2.45) is 0 Å². The molecule has 2 heterocycles. The Morgan fingerprint density at radius 2 is 2.41 bits per heavy atom. The van der Waals surface area contributed by atoms with Crippen LogP contribution in [0.4, 0.5) is 0 Å². The Bertz CT molecular complexity index is 360. The molecule has 1 fully saturated rings. The zero-order valence-corrected chi connectivity index (χ0v) is 11.8. The van der Waals surface area contributed by atoms with E-state index in [0.717, 1.165) is 24.6 Å². The lowest BCUT2D eigenvalue weighted by Gasteiger charge is -2.25. The maximum absolute atomic E-state index is 5.87. The molecule has 0 aromatic carbocycles. The van der Waals surface area contributed by atoms with Gasteiger partial charge in [0.15, 0.2) is 0 Å². The molecule has 96 valence electrons. The highest BCUT2D eigenvalue weighted by molar-refractivity contribution is 7.09. The Kier molecular flexibility index (Phi) is 4.17. The normalized spacial score (nSPS) is 23.8. The van der Waals surface area contributed by atoms with E-state index >= 15 is 0 Å². The van der Waals surface area contributed by atoms with Gasteiger partial charge in [-0.3, -0.25) is 0 Å². The Morgan fingerprint density at radius 3 is 3.00 bits per heavy atom. The third-order valence-corrected chi connectivity index (χ3v) is 4.63. The fourth-order valence-corrected chi connectivity index (χ4v) is 3.32. The molecule has 0 bridgehead atoms. The van der Waals surface area contributed by atoms with Gasteiger partial charge in [0, 0.05) is 12.0 Å². The summed E-state index contributed by atoms with van der Waals surface area (Å²) < 4.78 is 5.87.